The van der Waals surface area contributed by atoms with E-state index < -0.39 is 0 Å². The fourth-order valence-corrected chi connectivity index (χ4v) is 3.93. The van der Waals surface area contributed by atoms with Gasteiger partial charge in [-0.05, 0) is 54.9 Å². The summed E-state index contributed by atoms with van der Waals surface area (Å²) in [5, 5.41) is 3.58. The zero-order valence-electron chi connectivity index (χ0n) is 10.6. The Kier molecular flexibility index (Phi) is 4.57. The minimum absolute atomic E-state index is 0.629. The lowest BCUT2D eigenvalue weighted by atomic mass is 9.80. The number of nitrogens with one attached hydrogen (secondary N) is 1. The SMILES string of the molecule is COCCNCC1(CCSC)CC2CC2C1. The van der Waals surface area contributed by atoms with Crippen LogP contribution in [-0.4, -0.2) is 38.8 Å². The lowest BCUT2D eigenvalue weighted by molar-refractivity contribution is 0.185. The maximum atomic E-state index is 5.08. The molecule has 0 amide bonds. The zero-order valence-corrected chi connectivity index (χ0v) is 11.4. The van der Waals surface area contributed by atoms with Crippen LogP contribution < -0.4 is 5.32 Å². The third-order valence-electron chi connectivity index (χ3n) is 4.28. The molecule has 2 nitrogen and oxygen atoms in total. The molecule has 0 radical (unpaired) electrons. The number of hydrogen-bond acceptors (Lipinski definition) is 3. The number of methoxy groups -OCH3 is 1. The summed E-state index contributed by atoms with van der Waals surface area (Å²) in [6.45, 7) is 3.06. The van der Waals surface area contributed by atoms with Crippen molar-refractivity contribution in [3.63, 3.8) is 0 Å². The smallest absolute Gasteiger partial charge is 0.0587 e. The third kappa shape index (κ3) is 3.14. The first-order chi connectivity index (χ1) is 7.79. The van der Waals surface area contributed by atoms with Crippen molar-refractivity contribution < 1.29 is 4.74 Å². The van der Waals surface area contributed by atoms with Crippen molar-refractivity contribution in [1.82, 2.24) is 5.32 Å². The highest BCUT2D eigenvalue weighted by molar-refractivity contribution is 7.98. The van der Waals surface area contributed by atoms with Crippen LogP contribution in [0.25, 0.3) is 0 Å². The normalized spacial score (nSPS) is 36.4. The van der Waals surface area contributed by atoms with E-state index in [4.69, 9.17) is 4.74 Å². The van der Waals surface area contributed by atoms with Gasteiger partial charge in [0.1, 0.15) is 0 Å². The topological polar surface area (TPSA) is 21.3 Å². The van der Waals surface area contributed by atoms with Crippen LogP contribution in [0.4, 0.5) is 0 Å². The number of rotatable bonds is 8. The largest absolute Gasteiger partial charge is 0.383 e. The second-order valence-corrected chi connectivity index (χ2v) is 6.56. The predicted octanol–water partition coefficient (Wildman–Crippen LogP) is 2.39. The van der Waals surface area contributed by atoms with Gasteiger partial charge in [0, 0.05) is 20.2 Å². The van der Waals surface area contributed by atoms with E-state index in [9.17, 15) is 0 Å². The van der Waals surface area contributed by atoms with Crippen molar-refractivity contribution in [3.05, 3.63) is 0 Å². The molecule has 0 aromatic carbocycles. The lowest BCUT2D eigenvalue weighted by Gasteiger charge is -2.31. The van der Waals surface area contributed by atoms with Gasteiger partial charge in [-0.3, -0.25) is 0 Å². The molecule has 0 saturated heterocycles. The average Bonchev–Trinajstić information content (AvgIpc) is 2.91. The molecule has 3 heteroatoms. The van der Waals surface area contributed by atoms with E-state index in [2.05, 4.69) is 11.6 Å². The van der Waals surface area contributed by atoms with Gasteiger partial charge < -0.3 is 10.1 Å². The summed E-state index contributed by atoms with van der Waals surface area (Å²) >= 11 is 1.99. The summed E-state index contributed by atoms with van der Waals surface area (Å²) < 4.78 is 5.08. The second kappa shape index (κ2) is 5.74. The van der Waals surface area contributed by atoms with Crippen LogP contribution in [-0.2, 0) is 4.74 Å². The molecule has 2 fully saturated rings. The maximum absolute atomic E-state index is 5.08. The molecule has 2 aliphatic carbocycles. The van der Waals surface area contributed by atoms with E-state index in [1.807, 2.05) is 11.8 Å². The van der Waals surface area contributed by atoms with E-state index in [1.165, 1.54) is 38.0 Å². The van der Waals surface area contributed by atoms with Gasteiger partial charge in [-0.25, -0.2) is 0 Å². The Balaban J connectivity index is 1.74. The van der Waals surface area contributed by atoms with Crippen molar-refractivity contribution in [3.8, 4) is 0 Å². The highest BCUT2D eigenvalue weighted by atomic mass is 32.2. The summed E-state index contributed by atoms with van der Waals surface area (Å²) in [6.07, 6.45) is 8.12. The van der Waals surface area contributed by atoms with Crippen LogP contribution in [0.1, 0.15) is 25.7 Å². The van der Waals surface area contributed by atoms with Gasteiger partial charge in [0.15, 0.2) is 0 Å². The Morgan fingerprint density at radius 2 is 2.12 bits per heavy atom. The molecule has 2 rings (SSSR count). The zero-order chi connectivity index (χ0) is 11.4. The first-order valence-electron chi connectivity index (χ1n) is 6.48. The van der Waals surface area contributed by atoms with Gasteiger partial charge in [-0.1, -0.05) is 0 Å². The average molecular weight is 243 g/mol. The minimum atomic E-state index is 0.629. The van der Waals surface area contributed by atoms with E-state index in [0.717, 1.165) is 25.0 Å². The van der Waals surface area contributed by atoms with Crippen molar-refractivity contribution >= 4 is 11.8 Å². The molecule has 94 valence electrons. The molecular formula is C13H25NOS. The maximum Gasteiger partial charge on any atom is 0.0587 e. The van der Waals surface area contributed by atoms with Crippen LogP contribution in [0.2, 0.25) is 0 Å². The number of fused-ring (bicyclic) bond motifs is 1. The number of hydrogen-bond donors (Lipinski definition) is 1. The van der Waals surface area contributed by atoms with Crippen LogP contribution in [0, 0.1) is 17.3 Å². The highest BCUT2D eigenvalue weighted by Gasteiger charge is 2.52. The Hall–Kier alpha value is 0.270. The molecule has 2 aliphatic rings. The monoisotopic (exact) mass is 243 g/mol. The summed E-state index contributed by atoms with van der Waals surface area (Å²) in [5.74, 6) is 3.50. The molecule has 2 unspecified atom stereocenters. The summed E-state index contributed by atoms with van der Waals surface area (Å²) in [5.41, 5.74) is 0.629. The van der Waals surface area contributed by atoms with Gasteiger partial charge in [0.2, 0.25) is 0 Å². The van der Waals surface area contributed by atoms with Crippen LogP contribution >= 0.6 is 11.8 Å². The summed E-state index contributed by atoms with van der Waals surface area (Å²) in [6, 6.07) is 0. The fraction of sp³-hybridized carbons (Fsp3) is 1.00. The Morgan fingerprint density at radius 3 is 2.75 bits per heavy atom. The van der Waals surface area contributed by atoms with E-state index >= 15 is 0 Å². The van der Waals surface area contributed by atoms with E-state index in [-0.39, 0.29) is 0 Å². The molecular weight excluding hydrogens is 218 g/mol. The van der Waals surface area contributed by atoms with Crippen molar-refractivity contribution in [2.75, 3.05) is 38.8 Å². The molecule has 0 aromatic heterocycles. The Morgan fingerprint density at radius 1 is 1.38 bits per heavy atom. The molecule has 0 heterocycles. The Labute approximate surface area is 104 Å². The molecule has 0 bridgehead atoms. The summed E-state index contributed by atoms with van der Waals surface area (Å²) in [7, 11) is 1.77. The first-order valence-corrected chi connectivity index (χ1v) is 7.88. The van der Waals surface area contributed by atoms with E-state index in [1.54, 1.807) is 7.11 Å². The van der Waals surface area contributed by atoms with Crippen molar-refractivity contribution in [1.29, 1.82) is 0 Å². The molecule has 0 aromatic rings. The number of thioether (sulfide) groups is 1. The summed E-state index contributed by atoms with van der Waals surface area (Å²) in [4.78, 5) is 0. The standard InChI is InChI=1S/C13H25NOS/c1-15-5-4-14-10-13(3-6-16-2)8-11-7-12(11)9-13/h11-12,14H,3-10H2,1-2H3. The van der Waals surface area contributed by atoms with Gasteiger partial charge >= 0.3 is 0 Å². The molecule has 16 heavy (non-hydrogen) atoms. The van der Waals surface area contributed by atoms with Gasteiger partial charge in [-0.2, -0.15) is 11.8 Å². The van der Waals surface area contributed by atoms with Crippen LogP contribution in [0.5, 0.6) is 0 Å². The van der Waals surface area contributed by atoms with Gasteiger partial charge in [0.25, 0.3) is 0 Å². The molecule has 1 N–H and O–H groups in total. The first kappa shape index (κ1) is 12.7. The molecule has 2 saturated carbocycles. The minimum Gasteiger partial charge on any atom is -0.383 e. The van der Waals surface area contributed by atoms with Crippen molar-refractivity contribution in [2.24, 2.45) is 17.3 Å². The van der Waals surface area contributed by atoms with Crippen LogP contribution in [0.15, 0.2) is 0 Å². The predicted molar refractivity (Wildman–Crippen MR) is 71.0 cm³/mol. The number of ether oxygens (including phenoxy) is 1. The third-order valence-corrected chi connectivity index (χ3v) is 4.89. The lowest BCUT2D eigenvalue weighted by Crippen LogP contribution is -2.35. The van der Waals surface area contributed by atoms with Gasteiger partial charge in [0.05, 0.1) is 6.61 Å². The Bertz CT molecular complexity index is 212. The van der Waals surface area contributed by atoms with Gasteiger partial charge in [-0.15, -0.1) is 0 Å². The van der Waals surface area contributed by atoms with E-state index in [0.29, 0.717) is 5.41 Å². The second-order valence-electron chi connectivity index (χ2n) is 5.58. The molecule has 0 aliphatic heterocycles. The molecule has 0 spiro atoms. The molecule has 2 atom stereocenters. The van der Waals surface area contributed by atoms with Crippen molar-refractivity contribution in [2.45, 2.75) is 25.7 Å². The van der Waals surface area contributed by atoms with Crippen LogP contribution in [0.3, 0.4) is 0 Å². The fourth-order valence-electron chi connectivity index (χ4n) is 3.29. The quantitative estimate of drug-likeness (QED) is 0.661. The highest BCUT2D eigenvalue weighted by Crippen LogP contribution is 2.61.